The molecule has 0 bridgehead atoms. The van der Waals surface area contributed by atoms with Crippen LogP contribution in [0.1, 0.15) is 5.56 Å². The molecular weight excluding hydrogens is 192 g/mol. The fourth-order valence-corrected chi connectivity index (χ4v) is 1.44. The minimum atomic E-state index is -0.0878. The Labute approximate surface area is 80.8 Å². The molecule has 0 amide bonds. The summed E-state index contributed by atoms with van der Waals surface area (Å²) in [5, 5.41) is 9.45. The van der Waals surface area contributed by atoms with Gasteiger partial charge in [-0.2, -0.15) is 0 Å². The van der Waals surface area contributed by atoms with E-state index >= 15 is 0 Å². The maximum absolute atomic E-state index is 8.94. The number of benzene rings is 1. The molecule has 0 aromatic heterocycles. The zero-order chi connectivity index (χ0) is 9.26. The van der Waals surface area contributed by atoms with Crippen molar-refractivity contribution in [2.45, 2.75) is 6.61 Å². The molecule has 1 aliphatic rings. The predicted octanol–water partition coefficient (Wildman–Crippen LogP) is 1.60. The third kappa shape index (κ3) is 1.57. The SMILES string of the molecule is OCc1cc2c(cc1Cl)OCCO2. The fourth-order valence-electron chi connectivity index (χ4n) is 1.23. The molecule has 2 rings (SSSR count). The molecule has 1 aromatic rings. The fraction of sp³-hybridized carbons (Fsp3) is 0.333. The van der Waals surface area contributed by atoms with E-state index in [4.69, 9.17) is 26.2 Å². The lowest BCUT2D eigenvalue weighted by atomic mass is 10.2. The minimum Gasteiger partial charge on any atom is -0.486 e. The molecule has 1 heterocycles. The number of hydrogen-bond donors (Lipinski definition) is 1. The molecule has 0 saturated heterocycles. The summed E-state index contributed by atoms with van der Waals surface area (Å²) in [7, 11) is 0. The normalized spacial score (nSPS) is 14.3. The second-order valence-electron chi connectivity index (χ2n) is 2.75. The summed E-state index contributed by atoms with van der Waals surface area (Å²) in [6, 6.07) is 3.37. The Balaban J connectivity index is 2.44. The lowest BCUT2D eigenvalue weighted by molar-refractivity contribution is 0.171. The largest absolute Gasteiger partial charge is 0.486 e. The molecule has 1 aliphatic heterocycles. The molecule has 13 heavy (non-hydrogen) atoms. The van der Waals surface area contributed by atoms with Gasteiger partial charge in [-0.15, -0.1) is 0 Å². The van der Waals surface area contributed by atoms with Gasteiger partial charge in [0.05, 0.1) is 11.6 Å². The molecule has 0 unspecified atom stereocenters. The Bertz CT molecular complexity index is 325. The van der Waals surface area contributed by atoms with E-state index in [1.54, 1.807) is 12.1 Å². The summed E-state index contributed by atoms with van der Waals surface area (Å²) in [5.41, 5.74) is 0.658. The van der Waals surface area contributed by atoms with Crippen LogP contribution in [0.3, 0.4) is 0 Å². The monoisotopic (exact) mass is 200 g/mol. The molecule has 1 aromatic carbocycles. The number of halogens is 1. The first-order valence-electron chi connectivity index (χ1n) is 4.00. The van der Waals surface area contributed by atoms with Gasteiger partial charge < -0.3 is 14.6 Å². The van der Waals surface area contributed by atoms with Gasteiger partial charge in [0.25, 0.3) is 0 Å². The van der Waals surface area contributed by atoms with Gasteiger partial charge in [0.15, 0.2) is 11.5 Å². The van der Waals surface area contributed by atoms with E-state index in [9.17, 15) is 0 Å². The number of aliphatic hydroxyl groups excluding tert-OH is 1. The molecule has 0 fully saturated rings. The van der Waals surface area contributed by atoms with Gasteiger partial charge in [-0.1, -0.05) is 11.6 Å². The highest BCUT2D eigenvalue weighted by Crippen LogP contribution is 2.35. The molecule has 0 saturated carbocycles. The summed E-state index contributed by atoms with van der Waals surface area (Å²) in [6.07, 6.45) is 0. The van der Waals surface area contributed by atoms with Crippen molar-refractivity contribution in [1.82, 2.24) is 0 Å². The zero-order valence-electron chi connectivity index (χ0n) is 6.92. The van der Waals surface area contributed by atoms with E-state index in [0.29, 0.717) is 35.3 Å². The summed E-state index contributed by atoms with van der Waals surface area (Å²) in [6.45, 7) is 0.997. The van der Waals surface area contributed by atoms with E-state index < -0.39 is 0 Å². The maximum atomic E-state index is 8.94. The number of aliphatic hydroxyl groups is 1. The number of hydrogen-bond acceptors (Lipinski definition) is 3. The van der Waals surface area contributed by atoms with Crippen LogP contribution in [0.15, 0.2) is 12.1 Å². The van der Waals surface area contributed by atoms with Gasteiger partial charge in [-0.3, -0.25) is 0 Å². The molecule has 3 nitrogen and oxygen atoms in total. The van der Waals surface area contributed by atoms with Gasteiger partial charge in [0.1, 0.15) is 13.2 Å². The van der Waals surface area contributed by atoms with Crippen LogP contribution in [0.25, 0.3) is 0 Å². The Morgan fingerprint density at radius 2 is 1.85 bits per heavy atom. The van der Waals surface area contributed by atoms with Crippen molar-refractivity contribution in [3.05, 3.63) is 22.7 Å². The van der Waals surface area contributed by atoms with E-state index in [0.717, 1.165) is 0 Å². The maximum Gasteiger partial charge on any atom is 0.162 e. The second-order valence-corrected chi connectivity index (χ2v) is 3.15. The average Bonchev–Trinajstić information content (AvgIpc) is 2.17. The lowest BCUT2D eigenvalue weighted by Crippen LogP contribution is -2.15. The molecular formula is C9H9ClO3. The van der Waals surface area contributed by atoms with Crippen LogP contribution in [0.4, 0.5) is 0 Å². The smallest absolute Gasteiger partial charge is 0.162 e. The summed E-state index contributed by atoms with van der Waals surface area (Å²) in [5.74, 6) is 1.30. The average molecular weight is 201 g/mol. The van der Waals surface area contributed by atoms with Crippen molar-refractivity contribution in [3.63, 3.8) is 0 Å². The van der Waals surface area contributed by atoms with Crippen molar-refractivity contribution in [3.8, 4) is 11.5 Å². The number of fused-ring (bicyclic) bond motifs is 1. The number of ether oxygens (including phenoxy) is 2. The third-order valence-corrected chi connectivity index (χ3v) is 2.23. The van der Waals surface area contributed by atoms with Crippen LogP contribution < -0.4 is 9.47 Å². The molecule has 0 aliphatic carbocycles. The van der Waals surface area contributed by atoms with E-state index in [-0.39, 0.29) is 6.61 Å². The first-order valence-corrected chi connectivity index (χ1v) is 4.38. The molecule has 0 atom stereocenters. The van der Waals surface area contributed by atoms with Crippen molar-refractivity contribution in [1.29, 1.82) is 0 Å². The summed E-state index contributed by atoms with van der Waals surface area (Å²) in [4.78, 5) is 0. The highest BCUT2D eigenvalue weighted by Gasteiger charge is 2.14. The van der Waals surface area contributed by atoms with E-state index in [2.05, 4.69) is 0 Å². The second kappa shape index (κ2) is 3.44. The molecule has 4 heteroatoms. The topological polar surface area (TPSA) is 38.7 Å². The van der Waals surface area contributed by atoms with E-state index in [1.807, 2.05) is 0 Å². The van der Waals surface area contributed by atoms with Crippen molar-refractivity contribution in [2.75, 3.05) is 13.2 Å². The standard InChI is InChI=1S/C9H9ClO3/c10-7-4-9-8(3-6(7)5-11)12-1-2-13-9/h3-4,11H,1-2,5H2. The predicted molar refractivity (Wildman–Crippen MR) is 48.4 cm³/mol. The van der Waals surface area contributed by atoms with Crippen LogP contribution in [0.2, 0.25) is 5.02 Å². The molecule has 0 radical (unpaired) electrons. The lowest BCUT2D eigenvalue weighted by Gasteiger charge is -2.19. The Kier molecular flexibility index (Phi) is 2.29. The van der Waals surface area contributed by atoms with Gasteiger partial charge in [0.2, 0.25) is 0 Å². The summed E-state index contributed by atoms with van der Waals surface area (Å²) < 4.78 is 10.6. The molecule has 70 valence electrons. The quantitative estimate of drug-likeness (QED) is 0.749. The van der Waals surface area contributed by atoms with E-state index in [1.165, 1.54) is 0 Å². The Morgan fingerprint density at radius 1 is 1.23 bits per heavy atom. The highest BCUT2D eigenvalue weighted by atomic mass is 35.5. The van der Waals surface area contributed by atoms with Crippen LogP contribution in [0.5, 0.6) is 11.5 Å². The highest BCUT2D eigenvalue weighted by molar-refractivity contribution is 6.31. The van der Waals surface area contributed by atoms with Gasteiger partial charge in [0, 0.05) is 6.07 Å². The first kappa shape index (κ1) is 8.66. The summed E-state index contributed by atoms with van der Waals surface area (Å²) >= 11 is 5.87. The van der Waals surface area contributed by atoms with Crippen molar-refractivity contribution >= 4 is 11.6 Å². The van der Waals surface area contributed by atoms with Gasteiger partial charge in [-0.25, -0.2) is 0 Å². The van der Waals surface area contributed by atoms with Crippen LogP contribution >= 0.6 is 11.6 Å². The Hall–Kier alpha value is -0.930. The first-order chi connectivity index (χ1) is 6.31. The van der Waals surface area contributed by atoms with Crippen molar-refractivity contribution in [2.24, 2.45) is 0 Å². The van der Waals surface area contributed by atoms with Gasteiger partial charge >= 0.3 is 0 Å². The Morgan fingerprint density at radius 3 is 2.46 bits per heavy atom. The van der Waals surface area contributed by atoms with Crippen LogP contribution in [0, 0.1) is 0 Å². The van der Waals surface area contributed by atoms with Gasteiger partial charge in [-0.05, 0) is 11.6 Å². The zero-order valence-corrected chi connectivity index (χ0v) is 7.67. The van der Waals surface area contributed by atoms with Crippen LogP contribution in [-0.4, -0.2) is 18.3 Å². The molecule has 1 N–H and O–H groups in total. The van der Waals surface area contributed by atoms with Crippen LogP contribution in [-0.2, 0) is 6.61 Å². The molecule has 0 spiro atoms. The minimum absolute atomic E-state index is 0.0878. The van der Waals surface area contributed by atoms with Crippen molar-refractivity contribution < 1.29 is 14.6 Å². The third-order valence-electron chi connectivity index (χ3n) is 1.88. The number of rotatable bonds is 1.